The van der Waals surface area contributed by atoms with Gasteiger partial charge in [-0.3, -0.25) is 9.59 Å². The first kappa shape index (κ1) is 17.9. The van der Waals surface area contributed by atoms with Gasteiger partial charge in [-0.2, -0.15) is 0 Å². The monoisotopic (exact) mass is 352 g/mol. The molecule has 126 valence electrons. The predicted octanol–water partition coefficient (Wildman–Crippen LogP) is 3.77. The molecule has 0 radical (unpaired) electrons. The van der Waals surface area contributed by atoms with Gasteiger partial charge in [-0.1, -0.05) is 11.6 Å². The Labute approximate surface area is 142 Å². The van der Waals surface area contributed by atoms with Crippen molar-refractivity contribution in [3.63, 3.8) is 0 Å². The van der Waals surface area contributed by atoms with Gasteiger partial charge in [0, 0.05) is 29.6 Å². The highest BCUT2D eigenvalue weighted by Gasteiger charge is 2.09. The molecule has 2 amide bonds. The summed E-state index contributed by atoms with van der Waals surface area (Å²) in [7, 11) is 0. The molecule has 24 heavy (non-hydrogen) atoms. The van der Waals surface area contributed by atoms with Crippen LogP contribution < -0.4 is 10.6 Å². The van der Waals surface area contributed by atoms with Gasteiger partial charge in [-0.15, -0.1) is 0 Å². The molecule has 0 aromatic heterocycles. The summed E-state index contributed by atoms with van der Waals surface area (Å²) in [5.74, 6) is -2.23. The molecule has 0 bridgehead atoms. The summed E-state index contributed by atoms with van der Waals surface area (Å²) in [5, 5.41) is 5.56. The number of benzene rings is 2. The molecule has 4 nitrogen and oxygen atoms in total. The Hall–Kier alpha value is -2.47. The Morgan fingerprint density at radius 2 is 1.75 bits per heavy atom. The first-order valence-corrected chi connectivity index (χ1v) is 7.62. The van der Waals surface area contributed by atoms with Crippen LogP contribution >= 0.6 is 11.6 Å². The van der Waals surface area contributed by atoms with E-state index in [0.717, 1.165) is 12.1 Å². The molecule has 2 N–H and O–H groups in total. The number of rotatable bonds is 6. The fourth-order valence-electron chi connectivity index (χ4n) is 1.96. The minimum absolute atomic E-state index is 0.0772. The zero-order valence-electron chi connectivity index (χ0n) is 12.6. The zero-order chi connectivity index (χ0) is 17.5. The number of hydrogen-bond donors (Lipinski definition) is 2. The van der Waals surface area contributed by atoms with Gasteiger partial charge >= 0.3 is 0 Å². The molecule has 0 saturated heterocycles. The average Bonchev–Trinajstić information content (AvgIpc) is 2.55. The topological polar surface area (TPSA) is 58.2 Å². The second-order valence-electron chi connectivity index (χ2n) is 5.04. The van der Waals surface area contributed by atoms with Crippen molar-refractivity contribution < 1.29 is 18.4 Å². The van der Waals surface area contributed by atoms with Crippen molar-refractivity contribution in [3.05, 3.63) is 64.7 Å². The second-order valence-corrected chi connectivity index (χ2v) is 5.48. The minimum atomic E-state index is -0.834. The van der Waals surface area contributed by atoms with E-state index in [1.165, 1.54) is 0 Å². The quantitative estimate of drug-likeness (QED) is 0.777. The Balaban J connectivity index is 1.72. The molecule has 0 heterocycles. The Morgan fingerprint density at radius 1 is 1.04 bits per heavy atom. The predicted molar refractivity (Wildman–Crippen MR) is 88.0 cm³/mol. The smallest absolute Gasteiger partial charge is 0.251 e. The van der Waals surface area contributed by atoms with Gasteiger partial charge in [0.25, 0.3) is 5.91 Å². The lowest BCUT2D eigenvalue weighted by Gasteiger charge is -2.07. The summed E-state index contributed by atoms with van der Waals surface area (Å²) in [6.45, 7) is 0.292. The first-order valence-electron chi connectivity index (χ1n) is 7.24. The van der Waals surface area contributed by atoms with E-state index in [-0.39, 0.29) is 18.0 Å². The van der Waals surface area contributed by atoms with E-state index in [2.05, 4.69) is 10.6 Å². The number of carbonyl (C=O) groups excluding carboxylic acids is 2. The number of nitrogens with one attached hydrogen (secondary N) is 2. The van der Waals surface area contributed by atoms with Gasteiger partial charge in [-0.05, 0) is 42.8 Å². The molecule has 0 spiro atoms. The molecular formula is C17H15ClF2N2O2. The van der Waals surface area contributed by atoms with Crippen LogP contribution in [0.5, 0.6) is 0 Å². The van der Waals surface area contributed by atoms with Gasteiger partial charge in [0.2, 0.25) is 5.91 Å². The van der Waals surface area contributed by atoms with Crippen molar-refractivity contribution >= 4 is 29.1 Å². The maximum Gasteiger partial charge on any atom is 0.251 e. The third-order valence-electron chi connectivity index (χ3n) is 3.18. The van der Waals surface area contributed by atoms with Crippen LogP contribution in [0.15, 0.2) is 42.5 Å². The minimum Gasteiger partial charge on any atom is -0.352 e. The second kappa shape index (κ2) is 8.40. The maximum absolute atomic E-state index is 13.4. The maximum atomic E-state index is 13.4. The highest BCUT2D eigenvalue weighted by atomic mass is 35.5. The number of carbonyl (C=O) groups is 2. The van der Waals surface area contributed by atoms with E-state index in [1.807, 2.05) is 0 Å². The van der Waals surface area contributed by atoms with E-state index in [0.29, 0.717) is 29.6 Å². The van der Waals surface area contributed by atoms with Gasteiger partial charge < -0.3 is 10.6 Å². The molecule has 2 aromatic rings. The van der Waals surface area contributed by atoms with Crippen molar-refractivity contribution in [1.82, 2.24) is 5.32 Å². The van der Waals surface area contributed by atoms with Crippen molar-refractivity contribution in [2.24, 2.45) is 0 Å². The highest BCUT2D eigenvalue weighted by Crippen LogP contribution is 2.15. The summed E-state index contributed by atoms with van der Waals surface area (Å²) < 4.78 is 26.2. The number of hydrogen-bond acceptors (Lipinski definition) is 2. The molecule has 0 unspecified atom stereocenters. The van der Waals surface area contributed by atoms with E-state index in [4.69, 9.17) is 11.6 Å². The lowest BCUT2D eigenvalue weighted by molar-refractivity contribution is -0.116. The molecule has 0 aliphatic heterocycles. The van der Waals surface area contributed by atoms with Crippen molar-refractivity contribution in [2.45, 2.75) is 12.8 Å². The van der Waals surface area contributed by atoms with Crippen LogP contribution in [-0.4, -0.2) is 18.4 Å². The molecular weight excluding hydrogens is 338 g/mol. The standard InChI is InChI=1S/C17H15ClF2N2O2/c18-12-5-3-11(4-6-12)17(24)21-9-1-2-16(23)22-15-8-7-13(19)10-14(15)20/h3-8,10H,1-2,9H2,(H,21,24)(H,22,23). The van der Waals surface area contributed by atoms with E-state index < -0.39 is 17.5 Å². The summed E-state index contributed by atoms with van der Waals surface area (Å²) in [4.78, 5) is 23.5. The molecule has 0 saturated carbocycles. The van der Waals surface area contributed by atoms with Gasteiger partial charge in [0.1, 0.15) is 11.6 Å². The lowest BCUT2D eigenvalue weighted by Crippen LogP contribution is -2.25. The zero-order valence-corrected chi connectivity index (χ0v) is 13.4. The van der Waals surface area contributed by atoms with Crippen molar-refractivity contribution in [2.75, 3.05) is 11.9 Å². The number of anilines is 1. The summed E-state index contributed by atoms with van der Waals surface area (Å²) >= 11 is 5.74. The fourth-order valence-corrected chi connectivity index (χ4v) is 2.08. The van der Waals surface area contributed by atoms with Gasteiger partial charge in [0.15, 0.2) is 0 Å². The molecule has 0 atom stereocenters. The van der Waals surface area contributed by atoms with Crippen LogP contribution in [0, 0.1) is 11.6 Å². The molecule has 2 rings (SSSR count). The van der Waals surface area contributed by atoms with Crippen LogP contribution in [0.25, 0.3) is 0 Å². The Bertz CT molecular complexity index is 736. The van der Waals surface area contributed by atoms with E-state index in [9.17, 15) is 18.4 Å². The molecule has 2 aromatic carbocycles. The van der Waals surface area contributed by atoms with Gasteiger partial charge in [0.05, 0.1) is 5.69 Å². The van der Waals surface area contributed by atoms with Crippen LogP contribution in [-0.2, 0) is 4.79 Å². The van der Waals surface area contributed by atoms with E-state index >= 15 is 0 Å². The SMILES string of the molecule is O=C(CCCNC(=O)c1ccc(Cl)cc1)Nc1ccc(F)cc1F. The largest absolute Gasteiger partial charge is 0.352 e. The van der Waals surface area contributed by atoms with Crippen LogP contribution in [0.3, 0.4) is 0 Å². The van der Waals surface area contributed by atoms with Crippen molar-refractivity contribution in [3.8, 4) is 0 Å². The van der Waals surface area contributed by atoms with Crippen LogP contribution in [0.1, 0.15) is 23.2 Å². The summed E-state index contributed by atoms with van der Waals surface area (Å²) in [5.41, 5.74) is 0.392. The molecule has 0 fully saturated rings. The average molecular weight is 353 g/mol. The Kier molecular flexibility index (Phi) is 6.26. The third kappa shape index (κ3) is 5.31. The molecule has 0 aliphatic rings. The van der Waals surface area contributed by atoms with Gasteiger partial charge in [-0.25, -0.2) is 8.78 Å². The summed E-state index contributed by atoms with van der Waals surface area (Å²) in [6, 6.07) is 9.34. The number of amides is 2. The molecule has 0 aliphatic carbocycles. The lowest BCUT2D eigenvalue weighted by atomic mass is 10.2. The first-order chi connectivity index (χ1) is 11.5. The molecule has 7 heteroatoms. The highest BCUT2D eigenvalue weighted by molar-refractivity contribution is 6.30. The van der Waals surface area contributed by atoms with E-state index in [1.54, 1.807) is 24.3 Å². The summed E-state index contributed by atoms with van der Waals surface area (Å²) in [6.07, 6.45) is 0.478. The fraction of sp³-hybridized carbons (Fsp3) is 0.176. The number of halogens is 3. The Morgan fingerprint density at radius 3 is 2.42 bits per heavy atom. The normalized spacial score (nSPS) is 10.3. The van der Waals surface area contributed by atoms with Crippen molar-refractivity contribution in [1.29, 1.82) is 0 Å². The third-order valence-corrected chi connectivity index (χ3v) is 3.43. The van der Waals surface area contributed by atoms with Crippen LogP contribution in [0.2, 0.25) is 5.02 Å². The van der Waals surface area contributed by atoms with Crippen LogP contribution in [0.4, 0.5) is 14.5 Å².